The van der Waals surface area contributed by atoms with Crippen LogP contribution < -0.4 is 0 Å². The van der Waals surface area contributed by atoms with Crippen LogP contribution in [0.4, 0.5) is 0 Å². The van der Waals surface area contributed by atoms with Gasteiger partial charge in [0.1, 0.15) is 0 Å². The van der Waals surface area contributed by atoms with Crippen molar-refractivity contribution in [1.29, 1.82) is 0 Å². The minimum absolute atomic E-state index is 0.00190. The third-order valence-corrected chi connectivity index (χ3v) is 5.45. The molecular formula is C20H34O4S. The van der Waals surface area contributed by atoms with Gasteiger partial charge in [-0.15, -0.1) is 0 Å². The Hall–Kier alpha value is -0.910. The summed E-state index contributed by atoms with van der Waals surface area (Å²) in [6.07, 6.45) is 9.97. The number of hydrogen-bond donors (Lipinski definition) is 0. The van der Waals surface area contributed by atoms with E-state index in [0.29, 0.717) is 13.2 Å². The van der Waals surface area contributed by atoms with Crippen LogP contribution >= 0.6 is 0 Å². The Morgan fingerprint density at radius 1 is 0.760 bits per heavy atom. The van der Waals surface area contributed by atoms with Crippen LogP contribution in [0.5, 0.6) is 0 Å². The van der Waals surface area contributed by atoms with E-state index in [4.69, 9.17) is 8.92 Å². The van der Waals surface area contributed by atoms with Gasteiger partial charge in [-0.3, -0.25) is 4.18 Å². The molecule has 0 saturated heterocycles. The van der Waals surface area contributed by atoms with Crippen LogP contribution in [0, 0.1) is 0 Å². The Kier molecular flexibility index (Phi) is 11.8. The summed E-state index contributed by atoms with van der Waals surface area (Å²) < 4.78 is 32.5. The summed E-state index contributed by atoms with van der Waals surface area (Å²) in [6.45, 7) is 4.78. The lowest BCUT2D eigenvalue weighted by atomic mass is 10.0. The fraction of sp³-hybridized carbons (Fsp3) is 0.700. The topological polar surface area (TPSA) is 52.6 Å². The van der Waals surface area contributed by atoms with E-state index in [9.17, 15) is 8.42 Å². The number of unbranched alkanes of at least 4 members (excludes halogenated alkanes) is 5. The van der Waals surface area contributed by atoms with Crippen LogP contribution in [0.2, 0.25) is 0 Å². The number of rotatable bonds is 15. The normalized spacial score (nSPS) is 11.8. The Labute approximate surface area is 154 Å². The number of benzene rings is 1. The molecule has 0 amide bonds. The molecule has 0 radical (unpaired) electrons. The van der Waals surface area contributed by atoms with Gasteiger partial charge in [0.25, 0.3) is 10.1 Å². The van der Waals surface area contributed by atoms with Crippen molar-refractivity contribution in [1.82, 2.24) is 0 Å². The van der Waals surface area contributed by atoms with Crippen molar-refractivity contribution in [2.75, 3.05) is 25.6 Å². The summed E-state index contributed by atoms with van der Waals surface area (Å²) in [6, 6.07) is 8.73. The average molecular weight is 371 g/mol. The van der Waals surface area contributed by atoms with Gasteiger partial charge in [-0.05, 0) is 37.3 Å². The minimum atomic E-state index is -3.36. The van der Waals surface area contributed by atoms with E-state index in [2.05, 4.69) is 31.2 Å². The molecule has 0 N–H and O–H groups in total. The molecule has 0 unspecified atom stereocenters. The zero-order chi connectivity index (χ0) is 18.4. The van der Waals surface area contributed by atoms with Crippen LogP contribution in [-0.2, 0) is 31.9 Å². The lowest BCUT2D eigenvalue weighted by Crippen LogP contribution is -2.13. The lowest BCUT2D eigenvalue weighted by molar-refractivity contribution is 0.104. The van der Waals surface area contributed by atoms with Crippen LogP contribution in [0.1, 0.15) is 63.5 Å². The van der Waals surface area contributed by atoms with Crippen LogP contribution in [0.25, 0.3) is 0 Å². The van der Waals surface area contributed by atoms with Crippen LogP contribution in [0.15, 0.2) is 24.3 Å². The maximum Gasteiger partial charge on any atom is 0.267 e. The molecule has 0 heterocycles. The van der Waals surface area contributed by atoms with Gasteiger partial charge in [0.2, 0.25) is 0 Å². The largest absolute Gasteiger partial charge is 0.379 e. The second-order valence-corrected chi connectivity index (χ2v) is 8.29. The number of hydrogen-bond acceptors (Lipinski definition) is 4. The molecular weight excluding hydrogens is 336 g/mol. The maximum absolute atomic E-state index is 11.1. The molecule has 25 heavy (non-hydrogen) atoms. The quantitative estimate of drug-likeness (QED) is 0.336. The van der Waals surface area contributed by atoms with Crippen molar-refractivity contribution >= 4 is 10.1 Å². The summed E-state index contributed by atoms with van der Waals surface area (Å²) in [7, 11) is -3.36. The van der Waals surface area contributed by atoms with Crippen molar-refractivity contribution < 1.29 is 17.3 Å². The molecule has 1 aromatic carbocycles. The third kappa shape index (κ3) is 11.3. The number of aryl methyl sites for hydroxylation is 1. The lowest BCUT2D eigenvalue weighted by Gasteiger charge is -2.07. The molecule has 144 valence electrons. The van der Waals surface area contributed by atoms with E-state index in [0.717, 1.165) is 12.8 Å². The average Bonchev–Trinajstić information content (AvgIpc) is 2.62. The highest BCUT2D eigenvalue weighted by Gasteiger charge is 2.06. The SMILES string of the molecule is CCCCCCCCc1ccc(CCOCCOS(=O)(=O)CC)cc1. The molecule has 0 saturated carbocycles. The van der Waals surface area contributed by atoms with Gasteiger partial charge in [0, 0.05) is 0 Å². The fourth-order valence-corrected chi connectivity index (χ4v) is 3.07. The van der Waals surface area contributed by atoms with E-state index >= 15 is 0 Å². The fourth-order valence-electron chi connectivity index (χ4n) is 2.58. The van der Waals surface area contributed by atoms with Gasteiger partial charge in [-0.25, -0.2) is 0 Å². The number of ether oxygens (including phenoxy) is 1. The molecule has 0 aliphatic carbocycles. The zero-order valence-electron chi connectivity index (χ0n) is 15.8. The molecule has 5 heteroatoms. The van der Waals surface area contributed by atoms with E-state index in [1.54, 1.807) is 6.92 Å². The van der Waals surface area contributed by atoms with Crippen molar-refractivity contribution in [3.63, 3.8) is 0 Å². The summed E-state index contributed by atoms with van der Waals surface area (Å²) in [5.41, 5.74) is 2.65. The molecule has 1 aromatic rings. The highest BCUT2D eigenvalue weighted by atomic mass is 32.2. The van der Waals surface area contributed by atoms with E-state index < -0.39 is 10.1 Å². The maximum atomic E-state index is 11.1. The van der Waals surface area contributed by atoms with E-state index in [1.165, 1.54) is 49.7 Å². The Morgan fingerprint density at radius 3 is 2.00 bits per heavy atom. The predicted octanol–water partition coefficient (Wildman–Crippen LogP) is 4.52. The van der Waals surface area contributed by atoms with Crippen LogP contribution in [0.3, 0.4) is 0 Å². The van der Waals surface area contributed by atoms with Crippen molar-refractivity contribution in [3.05, 3.63) is 35.4 Å². The minimum Gasteiger partial charge on any atom is -0.379 e. The molecule has 0 spiro atoms. The first kappa shape index (κ1) is 22.1. The first-order valence-corrected chi connectivity index (χ1v) is 11.2. The Bertz CT molecular complexity index is 537. The third-order valence-electron chi connectivity index (χ3n) is 4.22. The standard InChI is InChI=1S/C20H34O4S/c1-3-5-6-7-8-9-10-19-11-13-20(14-12-19)15-16-23-17-18-24-25(21,22)4-2/h11-14H,3-10,15-18H2,1-2H3. The van der Waals surface area contributed by atoms with Gasteiger partial charge in [-0.2, -0.15) is 8.42 Å². The summed E-state index contributed by atoms with van der Waals surface area (Å²) in [5, 5.41) is 0. The van der Waals surface area contributed by atoms with Crippen molar-refractivity contribution in [2.24, 2.45) is 0 Å². The molecule has 0 aliphatic heterocycles. The summed E-state index contributed by atoms with van der Waals surface area (Å²) >= 11 is 0. The van der Waals surface area contributed by atoms with Crippen LogP contribution in [-0.4, -0.2) is 34.0 Å². The Balaban J connectivity index is 2.10. The highest BCUT2D eigenvalue weighted by molar-refractivity contribution is 7.86. The summed E-state index contributed by atoms with van der Waals surface area (Å²) in [5.74, 6) is -0.00190. The molecule has 0 bridgehead atoms. The first-order chi connectivity index (χ1) is 12.1. The molecule has 0 atom stereocenters. The second kappa shape index (κ2) is 13.3. The summed E-state index contributed by atoms with van der Waals surface area (Å²) in [4.78, 5) is 0. The molecule has 0 aliphatic rings. The van der Waals surface area contributed by atoms with Gasteiger partial charge in [-0.1, -0.05) is 63.3 Å². The monoisotopic (exact) mass is 370 g/mol. The van der Waals surface area contributed by atoms with Gasteiger partial charge in [0.05, 0.1) is 25.6 Å². The van der Waals surface area contributed by atoms with Crippen molar-refractivity contribution in [3.8, 4) is 0 Å². The first-order valence-electron chi connectivity index (χ1n) is 9.60. The van der Waals surface area contributed by atoms with E-state index in [-0.39, 0.29) is 12.4 Å². The molecule has 0 fully saturated rings. The van der Waals surface area contributed by atoms with Gasteiger partial charge in [0.15, 0.2) is 0 Å². The van der Waals surface area contributed by atoms with E-state index in [1.807, 2.05) is 0 Å². The molecule has 0 aromatic heterocycles. The second-order valence-electron chi connectivity index (χ2n) is 6.36. The van der Waals surface area contributed by atoms with Gasteiger partial charge >= 0.3 is 0 Å². The van der Waals surface area contributed by atoms with Gasteiger partial charge < -0.3 is 4.74 Å². The van der Waals surface area contributed by atoms with Crippen molar-refractivity contribution in [2.45, 2.75) is 65.2 Å². The highest BCUT2D eigenvalue weighted by Crippen LogP contribution is 2.11. The molecule has 1 rings (SSSR count). The molecule has 4 nitrogen and oxygen atoms in total. The Morgan fingerprint density at radius 2 is 1.36 bits per heavy atom. The zero-order valence-corrected chi connectivity index (χ0v) is 16.7. The smallest absolute Gasteiger partial charge is 0.267 e. The predicted molar refractivity (Wildman–Crippen MR) is 103 cm³/mol.